The molecule has 2 rings (SSSR count). The molecule has 0 atom stereocenters. The van der Waals surface area contributed by atoms with Crippen molar-refractivity contribution in [2.24, 2.45) is 7.05 Å². The number of carbonyl (C=O) groups excluding carboxylic acids is 1. The van der Waals surface area contributed by atoms with Crippen molar-refractivity contribution in [3.63, 3.8) is 0 Å². The monoisotopic (exact) mass is 259 g/mol. The minimum absolute atomic E-state index is 0.125. The van der Waals surface area contributed by atoms with E-state index in [0.717, 1.165) is 16.9 Å². The zero-order valence-electron chi connectivity index (χ0n) is 11.1. The maximum atomic E-state index is 12.0. The number of anilines is 1. The van der Waals surface area contributed by atoms with Gasteiger partial charge in [0.05, 0.1) is 5.69 Å². The molecular weight excluding hydrogens is 242 g/mol. The van der Waals surface area contributed by atoms with Crippen molar-refractivity contribution in [3.05, 3.63) is 47.3 Å². The quantitative estimate of drug-likeness (QED) is 0.874. The lowest BCUT2D eigenvalue weighted by Crippen LogP contribution is -2.16. The molecule has 0 bridgehead atoms. The molecule has 0 fully saturated rings. The molecule has 1 aromatic heterocycles. The van der Waals surface area contributed by atoms with Gasteiger partial charge < -0.3 is 10.4 Å². The fraction of sp³-hybridized carbons (Fsp3) is 0.286. The summed E-state index contributed by atoms with van der Waals surface area (Å²) in [6.07, 6.45) is 0.620. The van der Waals surface area contributed by atoms with Crippen LogP contribution in [0, 0.1) is 6.92 Å². The summed E-state index contributed by atoms with van der Waals surface area (Å²) in [5, 5.41) is 15.8. The molecule has 0 saturated carbocycles. The number of aliphatic hydroxyl groups excluding tert-OH is 1. The molecule has 1 aromatic carbocycles. The van der Waals surface area contributed by atoms with Crippen LogP contribution in [0.2, 0.25) is 0 Å². The molecule has 0 aliphatic heterocycles. The number of benzene rings is 1. The highest BCUT2D eigenvalue weighted by Crippen LogP contribution is 2.12. The summed E-state index contributed by atoms with van der Waals surface area (Å²) in [5.41, 5.74) is 3.10. The van der Waals surface area contributed by atoms with Crippen LogP contribution in [0.4, 0.5) is 5.69 Å². The molecule has 0 spiro atoms. The average molecular weight is 259 g/mol. The molecule has 1 amide bonds. The number of aliphatic hydroxyl groups is 1. The number of nitrogens with one attached hydrogen (secondary N) is 1. The third-order valence-corrected chi connectivity index (χ3v) is 2.85. The van der Waals surface area contributed by atoms with E-state index in [4.69, 9.17) is 5.11 Å². The summed E-state index contributed by atoms with van der Waals surface area (Å²) in [6.45, 7) is 1.97. The van der Waals surface area contributed by atoms with Gasteiger partial charge in [-0.25, -0.2) is 0 Å². The van der Waals surface area contributed by atoms with Crippen molar-refractivity contribution in [2.45, 2.75) is 13.3 Å². The van der Waals surface area contributed by atoms with Crippen LogP contribution < -0.4 is 5.32 Å². The number of amides is 1. The largest absolute Gasteiger partial charge is 0.396 e. The van der Waals surface area contributed by atoms with Gasteiger partial charge in [0.1, 0.15) is 5.69 Å². The van der Waals surface area contributed by atoms with Crippen LogP contribution in [0.25, 0.3) is 0 Å². The number of carbonyl (C=O) groups is 1. The third-order valence-electron chi connectivity index (χ3n) is 2.85. The number of aromatic nitrogens is 2. The van der Waals surface area contributed by atoms with Crippen molar-refractivity contribution < 1.29 is 9.90 Å². The maximum absolute atomic E-state index is 12.0. The molecule has 5 nitrogen and oxygen atoms in total. The molecule has 19 heavy (non-hydrogen) atoms. The zero-order valence-corrected chi connectivity index (χ0v) is 11.1. The van der Waals surface area contributed by atoms with E-state index in [9.17, 15) is 4.79 Å². The predicted octanol–water partition coefficient (Wildman–Crippen LogP) is 1.52. The van der Waals surface area contributed by atoms with E-state index in [2.05, 4.69) is 10.4 Å². The Kier molecular flexibility index (Phi) is 3.97. The first-order valence-corrected chi connectivity index (χ1v) is 6.12. The first-order chi connectivity index (χ1) is 9.10. The number of nitrogens with zero attached hydrogens (tertiary/aromatic N) is 2. The Balaban J connectivity index is 2.08. The van der Waals surface area contributed by atoms with E-state index in [0.29, 0.717) is 12.1 Å². The lowest BCUT2D eigenvalue weighted by molar-refractivity contribution is 0.101. The highest BCUT2D eigenvalue weighted by molar-refractivity contribution is 6.03. The van der Waals surface area contributed by atoms with E-state index in [-0.39, 0.29) is 12.5 Å². The molecule has 0 unspecified atom stereocenters. The van der Waals surface area contributed by atoms with Crippen molar-refractivity contribution in [3.8, 4) is 0 Å². The van der Waals surface area contributed by atoms with Gasteiger partial charge in [-0.15, -0.1) is 0 Å². The van der Waals surface area contributed by atoms with Crippen LogP contribution in [-0.2, 0) is 13.5 Å². The highest BCUT2D eigenvalue weighted by atomic mass is 16.2. The van der Waals surface area contributed by atoms with E-state index in [1.165, 1.54) is 0 Å². The predicted molar refractivity (Wildman–Crippen MR) is 73.1 cm³/mol. The van der Waals surface area contributed by atoms with Gasteiger partial charge in [-0.2, -0.15) is 5.10 Å². The number of aryl methyl sites for hydroxylation is 2. The van der Waals surface area contributed by atoms with Crippen LogP contribution in [0.15, 0.2) is 30.3 Å². The van der Waals surface area contributed by atoms with E-state index in [1.807, 2.05) is 31.2 Å². The summed E-state index contributed by atoms with van der Waals surface area (Å²) in [7, 11) is 1.74. The molecule has 5 heteroatoms. The second-order valence-corrected chi connectivity index (χ2v) is 4.42. The van der Waals surface area contributed by atoms with Gasteiger partial charge in [0.2, 0.25) is 0 Å². The molecule has 1 heterocycles. The fourth-order valence-corrected chi connectivity index (χ4v) is 1.90. The summed E-state index contributed by atoms with van der Waals surface area (Å²) in [6, 6.07) is 9.17. The SMILES string of the molecule is Cc1cc(C(=O)Nc2ccc(CCO)cc2)n(C)n1. The molecule has 0 aliphatic rings. The van der Waals surface area contributed by atoms with Crippen LogP contribution in [0.3, 0.4) is 0 Å². The minimum Gasteiger partial charge on any atom is -0.396 e. The van der Waals surface area contributed by atoms with Crippen LogP contribution in [0.1, 0.15) is 21.7 Å². The Morgan fingerprint density at radius 3 is 2.58 bits per heavy atom. The number of hydrogen-bond acceptors (Lipinski definition) is 3. The zero-order chi connectivity index (χ0) is 13.8. The molecule has 0 saturated heterocycles. The second kappa shape index (κ2) is 5.67. The molecule has 2 aromatic rings. The van der Waals surface area contributed by atoms with Crippen LogP contribution in [-0.4, -0.2) is 27.4 Å². The van der Waals surface area contributed by atoms with Gasteiger partial charge in [-0.3, -0.25) is 9.48 Å². The smallest absolute Gasteiger partial charge is 0.273 e. The normalized spacial score (nSPS) is 10.5. The van der Waals surface area contributed by atoms with Crippen molar-refractivity contribution in [1.29, 1.82) is 0 Å². The minimum atomic E-state index is -0.182. The van der Waals surface area contributed by atoms with Crippen LogP contribution >= 0.6 is 0 Å². The van der Waals surface area contributed by atoms with Gasteiger partial charge >= 0.3 is 0 Å². The van der Waals surface area contributed by atoms with E-state index < -0.39 is 0 Å². The lowest BCUT2D eigenvalue weighted by Gasteiger charge is -2.06. The average Bonchev–Trinajstić information content (AvgIpc) is 2.71. The topological polar surface area (TPSA) is 67.2 Å². The second-order valence-electron chi connectivity index (χ2n) is 4.42. The molecule has 0 radical (unpaired) electrons. The summed E-state index contributed by atoms with van der Waals surface area (Å²) in [4.78, 5) is 12.0. The van der Waals surface area contributed by atoms with Gasteiger partial charge in [0.15, 0.2) is 0 Å². The summed E-state index contributed by atoms with van der Waals surface area (Å²) in [5.74, 6) is -0.182. The maximum Gasteiger partial charge on any atom is 0.273 e. The van der Waals surface area contributed by atoms with Crippen molar-refractivity contribution in [1.82, 2.24) is 9.78 Å². The Bertz CT molecular complexity index is 573. The standard InChI is InChI=1S/C14H17N3O2/c1-10-9-13(17(2)16-10)14(19)15-12-5-3-11(4-6-12)7-8-18/h3-6,9,18H,7-8H2,1-2H3,(H,15,19). The molecule has 100 valence electrons. The van der Waals surface area contributed by atoms with Gasteiger partial charge in [-0.1, -0.05) is 12.1 Å². The van der Waals surface area contributed by atoms with E-state index >= 15 is 0 Å². The Labute approximate surface area is 111 Å². The number of hydrogen-bond donors (Lipinski definition) is 2. The molecule has 2 N–H and O–H groups in total. The lowest BCUT2D eigenvalue weighted by atomic mass is 10.1. The molecule has 0 aliphatic carbocycles. The van der Waals surface area contributed by atoms with Gasteiger partial charge in [0.25, 0.3) is 5.91 Å². The number of rotatable bonds is 4. The first-order valence-electron chi connectivity index (χ1n) is 6.12. The Morgan fingerprint density at radius 2 is 2.05 bits per heavy atom. The van der Waals surface area contributed by atoms with Gasteiger partial charge in [0, 0.05) is 19.3 Å². The Morgan fingerprint density at radius 1 is 1.37 bits per heavy atom. The Hall–Kier alpha value is -2.14. The third kappa shape index (κ3) is 3.20. The van der Waals surface area contributed by atoms with Crippen LogP contribution in [0.5, 0.6) is 0 Å². The van der Waals surface area contributed by atoms with Crippen molar-refractivity contribution >= 4 is 11.6 Å². The van der Waals surface area contributed by atoms with Crippen molar-refractivity contribution in [2.75, 3.05) is 11.9 Å². The first kappa shape index (κ1) is 13.3. The van der Waals surface area contributed by atoms with E-state index in [1.54, 1.807) is 17.8 Å². The molecular formula is C14H17N3O2. The summed E-state index contributed by atoms with van der Waals surface area (Å²) < 4.78 is 1.56. The van der Waals surface area contributed by atoms with Gasteiger partial charge in [-0.05, 0) is 37.1 Å². The summed E-state index contributed by atoms with van der Waals surface area (Å²) >= 11 is 0. The highest BCUT2D eigenvalue weighted by Gasteiger charge is 2.11. The fourth-order valence-electron chi connectivity index (χ4n) is 1.90.